The van der Waals surface area contributed by atoms with Crippen molar-refractivity contribution in [1.29, 1.82) is 0 Å². The first kappa shape index (κ1) is 19.6. The number of benzene rings is 2. The molecule has 2 heterocycles. The Morgan fingerprint density at radius 3 is 2.43 bits per heavy atom. The summed E-state index contributed by atoms with van der Waals surface area (Å²) in [6, 6.07) is 7.88. The highest BCUT2D eigenvalue weighted by atomic mass is 127. The van der Waals surface area contributed by atoms with Gasteiger partial charge in [0.25, 0.3) is 0 Å². The number of halogens is 6. The normalized spacial score (nSPS) is 20.5. The fourth-order valence-corrected chi connectivity index (χ4v) is 4.63. The molecule has 4 rings (SSSR count). The fourth-order valence-electron chi connectivity index (χ4n) is 4.09. The van der Waals surface area contributed by atoms with E-state index in [-0.39, 0.29) is 5.56 Å². The van der Waals surface area contributed by atoms with Crippen LogP contribution in [0.3, 0.4) is 0 Å². The third-order valence-corrected chi connectivity index (χ3v) is 5.82. The van der Waals surface area contributed by atoms with E-state index >= 15 is 0 Å². The van der Waals surface area contributed by atoms with Crippen LogP contribution in [-0.2, 0) is 6.42 Å². The van der Waals surface area contributed by atoms with Crippen LogP contribution in [0.1, 0.15) is 29.8 Å². The molecule has 1 aromatic heterocycles. The van der Waals surface area contributed by atoms with E-state index in [9.17, 15) is 22.0 Å². The number of fused-ring (bicyclic) bond motifs is 3. The Balaban J connectivity index is 1.98. The molecule has 2 atom stereocenters. The number of nitrogens with one attached hydrogen (secondary N) is 1. The SMILES string of the molecule is C[C@@H]1Cc2c([nH]c3ccccc23)[C@@H](c2c(F)cc(I)cc2F)N1CC(F)(F)F. The average Bonchev–Trinajstić information content (AvgIpc) is 2.94. The van der Waals surface area contributed by atoms with Gasteiger partial charge in [-0.2, -0.15) is 13.2 Å². The van der Waals surface area contributed by atoms with Crippen molar-refractivity contribution in [1.82, 2.24) is 9.88 Å². The van der Waals surface area contributed by atoms with E-state index in [1.165, 1.54) is 0 Å². The predicted octanol–water partition coefficient (Wildman–Crippen LogP) is 5.95. The van der Waals surface area contributed by atoms with Crippen LogP contribution in [-0.4, -0.2) is 28.6 Å². The molecule has 2 nitrogen and oxygen atoms in total. The van der Waals surface area contributed by atoms with Gasteiger partial charge in [-0.1, -0.05) is 18.2 Å². The van der Waals surface area contributed by atoms with Crippen molar-refractivity contribution in [3.05, 3.63) is 68.4 Å². The summed E-state index contributed by atoms with van der Waals surface area (Å²) < 4.78 is 69.9. The van der Waals surface area contributed by atoms with Crippen molar-refractivity contribution in [2.75, 3.05) is 6.54 Å². The van der Waals surface area contributed by atoms with E-state index in [2.05, 4.69) is 4.98 Å². The summed E-state index contributed by atoms with van der Waals surface area (Å²) in [5, 5.41) is 0.868. The molecule has 0 saturated heterocycles. The molecule has 1 N–H and O–H groups in total. The maximum absolute atomic E-state index is 14.8. The molecule has 148 valence electrons. The fraction of sp³-hybridized carbons (Fsp3) is 0.300. The molecule has 2 aromatic carbocycles. The van der Waals surface area contributed by atoms with Crippen LogP contribution in [0, 0.1) is 15.2 Å². The van der Waals surface area contributed by atoms with Crippen molar-refractivity contribution in [3.8, 4) is 0 Å². The van der Waals surface area contributed by atoms with Gasteiger partial charge in [0.2, 0.25) is 0 Å². The van der Waals surface area contributed by atoms with E-state index in [0.29, 0.717) is 15.7 Å². The van der Waals surface area contributed by atoms with Crippen LogP contribution in [0.25, 0.3) is 10.9 Å². The second-order valence-electron chi connectivity index (χ2n) is 7.09. The molecule has 0 bridgehead atoms. The molecule has 28 heavy (non-hydrogen) atoms. The maximum atomic E-state index is 14.8. The summed E-state index contributed by atoms with van der Waals surface area (Å²) in [5.41, 5.74) is 1.61. The van der Waals surface area contributed by atoms with Crippen LogP contribution in [0.2, 0.25) is 0 Å². The Bertz CT molecular complexity index is 1020. The highest BCUT2D eigenvalue weighted by molar-refractivity contribution is 14.1. The molecule has 1 aliphatic heterocycles. The summed E-state index contributed by atoms with van der Waals surface area (Å²) in [6.45, 7) is 0.407. The molecule has 3 aromatic rings. The van der Waals surface area contributed by atoms with Crippen LogP contribution in [0.4, 0.5) is 22.0 Å². The number of hydrogen-bond donors (Lipinski definition) is 1. The van der Waals surface area contributed by atoms with Crippen molar-refractivity contribution >= 4 is 33.5 Å². The Morgan fingerprint density at radius 1 is 1.14 bits per heavy atom. The van der Waals surface area contributed by atoms with Gasteiger partial charge in [-0.3, -0.25) is 4.90 Å². The van der Waals surface area contributed by atoms with E-state index in [0.717, 1.165) is 33.5 Å². The Hall–Kier alpha value is -1.68. The Kier molecular flexibility index (Phi) is 4.89. The molecular weight excluding hydrogens is 490 g/mol. The largest absolute Gasteiger partial charge is 0.401 e. The van der Waals surface area contributed by atoms with Crippen molar-refractivity contribution < 1.29 is 22.0 Å². The smallest absolute Gasteiger partial charge is 0.357 e. The summed E-state index contributed by atoms with van der Waals surface area (Å²) >= 11 is 1.78. The van der Waals surface area contributed by atoms with Crippen LogP contribution < -0.4 is 0 Å². The van der Waals surface area contributed by atoms with Gasteiger partial charge in [0.15, 0.2) is 0 Å². The number of aromatic nitrogens is 1. The third kappa shape index (κ3) is 3.41. The van der Waals surface area contributed by atoms with Crippen LogP contribution >= 0.6 is 22.6 Å². The molecule has 0 unspecified atom stereocenters. The maximum Gasteiger partial charge on any atom is 0.401 e. The molecular formula is C20H16F5IN2. The first-order valence-corrected chi connectivity index (χ1v) is 9.80. The number of hydrogen-bond acceptors (Lipinski definition) is 1. The standard InChI is InChI=1S/C20H16F5IN2/c1-10-6-13-12-4-2-3-5-16(12)27-18(13)19(28(10)9-20(23,24)25)17-14(21)7-11(26)8-15(17)22/h2-5,7-8,10,19,27H,6,9H2,1H3/t10-,19-/m1/s1. The summed E-state index contributed by atoms with van der Waals surface area (Å²) in [5.74, 6) is -1.69. The molecule has 0 saturated carbocycles. The molecule has 0 radical (unpaired) electrons. The number of nitrogens with zero attached hydrogens (tertiary/aromatic N) is 1. The molecule has 8 heteroatoms. The van der Waals surface area contributed by atoms with Gasteiger partial charge in [-0.25, -0.2) is 8.78 Å². The minimum absolute atomic E-state index is 0.347. The van der Waals surface area contributed by atoms with Gasteiger partial charge in [0.05, 0.1) is 12.6 Å². The van der Waals surface area contributed by atoms with Crippen molar-refractivity contribution in [2.24, 2.45) is 0 Å². The second-order valence-corrected chi connectivity index (χ2v) is 8.33. The summed E-state index contributed by atoms with van der Waals surface area (Å²) in [4.78, 5) is 4.26. The zero-order valence-corrected chi connectivity index (χ0v) is 16.9. The van der Waals surface area contributed by atoms with E-state index in [1.54, 1.807) is 29.5 Å². The van der Waals surface area contributed by atoms with Crippen molar-refractivity contribution in [3.63, 3.8) is 0 Å². The topological polar surface area (TPSA) is 19.0 Å². The zero-order chi connectivity index (χ0) is 20.2. The number of rotatable bonds is 2. The van der Waals surface area contributed by atoms with Gasteiger partial charge in [0.1, 0.15) is 11.6 Å². The lowest BCUT2D eigenvalue weighted by Crippen LogP contribution is -2.47. The van der Waals surface area contributed by atoms with Crippen LogP contribution in [0.5, 0.6) is 0 Å². The number of para-hydroxylation sites is 1. The molecule has 0 spiro atoms. The van der Waals surface area contributed by atoms with E-state index in [1.807, 2.05) is 24.3 Å². The third-order valence-electron chi connectivity index (χ3n) is 5.20. The first-order valence-electron chi connectivity index (χ1n) is 8.72. The number of aromatic amines is 1. The highest BCUT2D eigenvalue weighted by Gasteiger charge is 2.43. The van der Waals surface area contributed by atoms with E-state index in [4.69, 9.17) is 0 Å². The zero-order valence-electron chi connectivity index (χ0n) is 14.7. The summed E-state index contributed by atoms with van der Waals surface area (Å²) in [6.07, 6.45) is -4.13. The van der Waals surface area contributed by atoms with E-state index < -0.39 is 36.4 Å². The highest BCUT2D eigenvalue weighted by Crippen LogP contribution is 2.43. The Labute approximate surface area is 171 Å². The molecule has 0 aliphatic carbocycles. The average molecular weight is 506 g/mol. The lowest BCUT2D eigenvalue weighted by Gasteiger charge is -2.41. The lowest BCUT2D eigenvalue weighted by molar-refractivity contribution is -0.155. The minimum Gasteiger partial charge on any atom is -0.357 e. The Morgan fingerprint density at radius 2 is 1.79 bits per heavy atom. The first-order chi connectivity index (χ1) is 13.2. The van der Waals surface area contributed by atoms with Crippen molar-refractivity contribution in [2.45, 2.75) is 31.6 Å². The predicted molar refractivity (Wildman–Crippen MR) is 105 cm³/mol. The molecule has 0 fully saturated rings. The second kappa shape index (κ2) is 6.98. The van der Waals surface area contributed by atoms with Gasteiger partial charge >= 0.3 is 6.18 Å². The lowest BCUT2D eigenvalue weighted by atomic mass is 9.88. The van der Waals surface area contributed by atoms with Gasteiger partial charge in [-0.15, -0.1) is 0 Å². The minimum atomic E-state index is -4.49. The summed E-state index contributed by atoms with van der Waals surface area (Å²) in [7, 11) is 0. The molecule has 1 aliphatic rings. The monoisotopic (exact) mass is 506 g/mol. The molecule has 0 amide bonds. The number of H-pyrrole nitrogens is 1. The number of alkyl halides is 3. The van der Waals surface area contributed by atoms with Gasteiger partial charge in [-0.05, 0) is 59.7 Å². The van der Waals surface area contributed by atoms with Gasteiger partial charge in [0, 0.05) is 31.8 Å². The van der Waals surface area contributed by atoms with Crippen LogP contribution in [0.15, 0.2) is 36.4 Å². The quantitative estimate of drug-likeness (QED) is 0.337. The van der Waals surface area contributed by atoms with Gasteiger partial charge < -0.3 is 4.98 Å².